The molecule has 2 atom stereocenters. The lowest BCUT2D eigenvalue weighted by atomic mass is 9.79. The lowest BCUT2D eigenvalue weighted by molar-refractivity contribution is 0.215. The molecule has 0 amide bonds. The average Bonchev–Trinajstić information content (AvgIpc) is 2.76. The van der Waals surface area contributed by atoms with Gasteiger partial charge in [0.1, 0.15) is 0 Å². The SMILES string of the molecule is CCNC(=NCc1cccc(S(N)(=O)=O)c1)N1CCC(c2ccccc2)C(CC)C1.I. The molecule has 1 heterocycles. The van der Waals surface area contributed by atoms with E-state index in [0.717, 1.165) is 44.0 Å². The molecule has 0 bridgehead atoms. The maximum absolute atomic E-state index is 11.6. The van der Waals surface area contributed by atoms with E-state index in [2.05, 4.69) is 54.4 Å². The van der Waals surface area contributed by atoms with Crippen LogP contribution in [0.2, 0.25) is 0 Å². The van der Waals surface area contributed by atoms with Crippen molar-refractivity contribution in [3.05, 3.63) is 65.7 Å². The second kappa shape index (κ2) is 11.8. The molecular formula is C23H33IN4O2S. The minimum Gasteiger partial charge on any atom is -0.357 e. The Morgan fingerprint density at radius 3 is 2.55 bits per heavy atom. The molecule has 3 rings (SSSR count). The molecule has 0 aliphatic carbocycles. The van der Waals surface area contributed by atoms with E-state index in [1.807, 2.05) is 6.07 Å². The van der Waals surface area contributed by atoms with Crippen molar-refractivity contribution in [1.82, 2.24) is 10.2 Å². The van der Waals surface area contributed by atoms with Crippen LogP contribution in [0.15, 0.2) is 64.5 Å². The van der Waals surface area contributed by atoms with Gasteiger partial charge in [-0.3, -0.25) is 0 Å². The number of nitrogens with two attached hydrogens (primary N) is 1. The fourth-order valence-electron chi connectivity index (χ4n) is 4.19. The highest BCUT2D eigenvalue weighted by Crippen LogP contribution is 2.34. The first kappa shape index (κ1) is 25.6. The van der Waals surface area contributed by atoms with Gasteiger partial charge >= 0.3 is 0 Å². The Kier molecular flexibility index (Phi) is 9.77. The Balaban J connectivity index is 0.00000341. The van der Waals surface area contributed by atoms with Crippen LogP contribution in [-0.4, -0.2) is 38.9 Å². The summed E-state index contributed by atoms with van der Waals surface area (Å²) < 4.78 is 23.2. The molecule has 31 heavy (non-hydrogen) atoms. The van der Waals surface area contributed by atoms with Gasteiger partial charge in [-0.25, -0.2) is 18.5 Å². The van der Waals surface area contributed by atoms with Gasteiger partial charge in [-0.15, -0.1) is 24.0 Å². The lowest BCUT2D eigenvalue weighted by Crippen LogP contribution is -2.48. The molecular weight excluding hydrogens is 523 g/mol. The highest BCUT2D eigenvalue weighted by Gasteiger charge is 2.30. The van der Waals surface area contributed by atoms with Gasteiger partial charge in [-0.2, -0.15) is 0 Å². The predicted octanol–water partition coefficient (Wildman–Crippen LogP) is 3.93. The number of hydrogen-bond acceptors (Lipinski definition) is 3. The first-order valence-electron chi connectivity index (χ1n) is 10.6. The monoisotopic (exact) mass is 556 g/mol. The number of guanidine groups is 1. The number of primary sulfonamides is 1. The topological polar surface area (TPSA) is 87.8 Å². The molecule has 1 aliphatic heterocycles. The molecule has 6 nitrogen and oxygen atoms in total. The van der Waals surface area contributed by atoms with E-state index in [-0.39, 0.29) is 28.9 Å². The number of halogens is 1. The molecule has 170 valence electrons. The molecule has 0 spiro atoms. The number of sulfonamides is 1. The van der Waals surface area contributed by atoms with Crippen LogP contribution in [-0.2, 0) is 16.6 Å². The van der Waals surface area contributed by atoms with Gasteiger partial charge in [0.05, 0.1) is 11.4 Å². The number of nitrogens with zero attached hydrogens (tertiary/aromatic N) is 2. The third-order valence-electron chi connectivity index (χ3n) is 5.76. The molecule has 1 fully saturated rings. The fraction of sp³-hybridized carbons (Fsp3) is 0.435. The maximum atomic E-state index is 11.6. The summed E-state index contributed by atoms with van der Waals surface area (Å²) in [4.78, 5) is 7.25. The number of rotatable bonds is 6. The van der Waals surface area contributed by atoms with Gasteiger partial charge in [-0.05, 0) is 48.4 Å². The smallest absolute Gasteiger partial charge is 0.238 e. The van der Waals surface area contributed by atoms with Crippen LogP contribution < -0.4 is 10.5 Å². The maximum Gasteiger partial charge on any atom is 0.238 e. The zero-order valence-electron chi connectivity index (χ0n) is 18.2. The van der Waals surface area contributed by atoms with Crippen molar-refractivity contribution in [3.8, 4) is 0 Å². The fourth-order valence-corrected chi connectivity index (χ4v) is 4.77. The van der Waals surface area contributed by atoms with Crippen molar-refractivity contribution >= 4 is 40.0 Å². The van der Waals surface area contributed by atoms with Crippen LogP contribution >= 0.6 is 24.0 Å². The largest absolute Gasteiger partial charge is 0.357 e. The number of nitrogens with one attached hydrogen (secondary N) is 1. The van der Waals surface area contributed by atoms with Gasteiger partial charge in [0, 0.05) is 19.6 Å². The number of piperidine rings is 1. The first-order valence-corrected chi connectivity index (χ1v) is 12.2. The Labute approximate surface area is 203 Å². The summed E-state index contributed by atoms with van der Waals surface area (Å²) in [5.41, 5.74) is 2.24. The second-order valence-corrected chi connectivity index (χ2v) is 9.34. The number of likely N-dealkylation sites (tertiary alicyclic amines) is 1. The van der Waals surface area contributed by atoms with E-state index in [9.17, 15) is 8.42 Å². The van der Waals surface area contributed by atoms with E-state index >= 15 is 0 Å². The summed E-state index contributed by atoms with van der Waals surface area (Å²) in [6.07, 6.45) is 2.21. The molecule has 0 saturated carbocycles. The standard InChI is InChI=1S/C23H32N4O2S.HI/c1-3-19-17-27(14-13-22(19)20-10-6-5-7-11-20)23(25-4-2)26-16-18-9-8-12-21(15-18)30(24,28)29;/h5-12,15,19,22H,3-4,13-14,16-17H2,1-2H3,(H,25,26)(H2,24,28,29);1H. The third kappa shape index (κ3) is 6.92. The van der Waals surface area contributed by atoms with Crippen molar-refractivity contribution < 1.29 is 8.42 Å². The predicted molar refractivity (Wildman–Crippen MR) is 137 cm³/mol. The van der Waals surface area contributed by atoms with Crippen molar-refractivity contribution in [2.45, 2.75) is 44.0 Å². The number of hydrogen-bond donors (Lipinski definition) is 2. The summed E-state index contributed by atoms with van der Waals surface area (Å²) in [6, 6.07) is 17.5. The number of aliphatic imine (C=N–C) groups is 1. The highest BCUT2D eigenvalue weighted by atomic mass is 127. The van der Waals surface area contributed by atoms with Gasteiger partial charge < -0.3 is 10.2 Å². The Morgan fingerprint density at radius 2 is 1.90 bits per heavy atom. The molecule has 2 aromatic rings. The van der Waals surface area contributed by atoms with E-state index in [1.54, 1.807) is 12.1 Å². The Hall–Kier alpha value is -1.65. The van der Waals surface area contributed by atoms with Gasteiger partial charge in [0.15, 0.2) is 5.96 Å². The van der Waals surface area contributed by atoms with Crippen LogP contribution in [0.5, 0.6) is 0 Å². The molecule has 1 saturated heterocycles. The molecule has 0 radical (unpaired) electrons. The number of benzene rings is 2. The van der Waals surface area contributed by atoms with Crippen molar-refractivity contribution in [2.75, 3.05) is 19.6 Å². The third-order valence-corrected chi connectivity index (χ3v) is 6.67. The van der Waals surface area contributed by atoms with Crippen molar-refractivity contribution in [2.24, 2.45) is 16.0 Å². The van der Waals surface area contributed by atoms with E-state index < -0.39 is 10.0 Å². The van der Waals surface area contributed by atoms with Crippen molar-refractivity contribution in [3.63, 3.8) is 0 Å². The zero-order valence-corrected chi connectivity index (χ0v) is 21.3. The van der Waals surface area contributed by atoms with E-state index in [1.165, 1.54) is 11.6 Å². The van der Waals surface area contributed by atoms with Crippen LogP contribution in [0, 0.1) is 5.92 Å². The molecule has 2 unspecified atom stereocenters. The summed E-state index contributed by atoms with van der Waals surface area (Å²) in [5.74, 6) is 2.01. The van der Waals surface area contributed by atoms with Gasteiger partial charge in [0.25, 0.3) is 0 Å². The summed E-state index contributed by atoms with van der Waals surface area (Å²) in [5, 5.41) is 8.65. The van der Waals surface area contributed by atoms with Crippen LogP contribution in [0.4, 0.5) is 0 Å². The van der Waals surface area contributed by atoms with Gasteiger partial charge in [0.2, 0.25) is 10.0 Å². The molecule has 8 heteroatoms. The van der Waals surface area contributed by atoms with Crippen molar-refractivity contribution in [1.29, 1.82) is 0 Å². The molecule has 1 aliphatic rings. The van der Waals surface area contributed by atoms with E-state index in [0.29, 0.717) is 18.4 Å². The van der Waals surface area contributed by atoms with Crippen LogP contribution in [0.1, 0.15) is 43.7 Å². The summed E-state index contributed by atoms with van der Waals surface area (Å²) >= 11 is 0. The lowest BCUT2D eigenvalue weighted by Gasteiger charge is -2.40. The van der Waals surface area contributed by atoms with Crippen LogP contribution in [0.25, 0.3) is 0 Å². The first-order chi connectivity index (χ1) is 14.4. The minimum atomic E-state index is -3.71. The van der Waals surface area contributed by atoms with Crippen LogP contribution in [0.3, 0.4) is 0 Å². The van der Waals surface area contributed by atoms with E-state index in [4.69, 9.17) is 10.1 Å². The Bertz CT molecular complexity index is 967. The average molecular weight is 557 g/mol. The van der Waals surface area contributed by atoms with Gasteiger partial charge in [-0.1, -0.05) is 55.8 Å². The second-order valence-electron chi connectivity index (χ2n) is 7.78. The molecule has 3 N–H and O–H groups in total. The zero-order chi connectivity index (χ0) is 21.6. The summed E-state index contributed by atoms with van der Waals surface area (Å²) in [7, 11) is -3.71. The highest BCUT2D eigenvalue weighted by molar-refractivity contribution is 14.0. The quantitative estimate of drug-likeness (QED) is 0.321. The summed E-state index contributed by atoms with van der Waals surface area (Å²) in [6.45, 7) is 7.41. The molecule has 2 aromatic carbocycles. The molecule has 0 aromatic heterocycles. The normalized spacial score (nSPS) is 19.6. The Morgan fingerprint density at radius 1 is 1.16 bits per heavy atom. The minimum absolute atomic E-state index is 0.